The van der Waals surface area contributed by atoms with Crippen LogP contribution in [0.4, 0.5) is 0 Å². The van der Waals surface area contributed by atoms with Crippen molar-refractivity contribution in [2.24, 2.45) is 0 Å². The summed E-state index contributed by atoms with van der Waals surface area (Å²) in [6, 6.07) is 6.58. The number of nitrogens with one attached hydrogen (secondary N) is 2. The van der Waals surface area contributed by atoms with Gasteiger partial charge in [0.2, 0.25) is 0 Å². The molecule has 102 valence electrons. The van der Waals surface area contributed by atoms with Gasteiger partial charge >= 0.3 is 0 Å². The minimum atomic E-state index is 0.108. The van der Waals surface area contributed by atoms with Crippen molar-refractivity contribution in [3.63, 3.8) is 0 Å². The van der Waals surface area contributed by atoms with Gasteiger partial charge in [-0.1, -0.05) is 17.2 Å². The van der Waals surface area contributed by atoms with Crippen LogP contribution in [0.3, 0.4) is 0 Å². The fourth-order valence-corrected chi connectivity index (χ4v) is 2.17. The number of rotatable bonds is 3. The average molecular weight is 257 g/mol. The number of benzene rings is 1. The molecule has 1 aromatic heterocycles. The third-order valence-electron chi connectivity index (χ3n) is 3.04. The van der Waals surface area contributed by atoms with E-state index in [1.165, 1.54) is 22.3 Å². The minimum absolute atomic E-state index is 0.108. The molecule has 2 N–H and O–H groups in total. The highest BCUT2D eigenvalue weighted by atomic mass is 15.1. The zero-order valence-electron chi connectivity index (χ0n) is 12.5. The molecule has 0 spiro atoms. The molecule has 0 fully saturated rings. The predicted molar refractivity (Wildman–Crippen MR) is 80.1 cm³/mol. The monoisotopic (exact) mass is 257 g/mol. The van der Waals surface area contributed by atoms with Crippen molar-refractivity contribution in [2.45, 2.75) is 46.7 Å². The lowest BCUT2D eigenvalue weighted by atomic mass is 10.0. The summed E-state index contributed by atoms with van der Waals surface area (Å²) in [4.78, 5) is 0. The average Bonchev–Trinajstić information content (AvgIpc) is 2.72. The van der Waals surface area contributed by atoms with E-state index in [4.69, 9.17) is 0 Å². The van der Waals surface area contributed by atoms with Crippen LogP contribution in [0.25, 0.3) is 11.3 Å². The number of hydrogen-bond donors (Lipinski definition) is 2. The van der Waals surface area contributed by atoms with E-state index in [0.29, 0.717) is 0 Å². The van der Waals surface area contributed by atoms with Crippen molar-refractivity contribution in [1.29, 1.82) is 0 Å². The van der Waals surface area contributed by atoms with Crippen molar-refractivity contribution in [3.05, 3.63) is 41.1 Å². The van der Waals surface area contributed by atoms with Gasteiger partial charge in [0.1, 0.15) is 0 Å². The molecule has 0 saturated carbocycles. The van der Waals surface area contributed by atoms with Crippen LogP contribution >= 0.6 is 0 Å². The van der Waals surface area contributed by atoms with Crippen molar-refractivity contribution >= 4 is 0 Å². The molecule has 19 heavy (non-hydrogen) atoms. The summed E-state index contributed by atoms with van der Waals surface area (Å²) in [5.41, 5.74) is 6.19. The number of aromatic amines is 1. The van der Waals surface area contributed by atoms with Crippen molar-refractivity contribution in [1.82, 2.24) is 15.5 Å². The van der Waals surface area contributed by atoms with E-state index in [1.807, 2.05) is 6.20 Å². The molecule has 0 amide bonds. The number of aryl methyl sites for hydroxylation is 2. The standard InChI is InChI=1S/C16H23N3/c1-11-6-12(2)8-13(7-11)15-14(10-18-19-15)9-17-16(3,4)5/h6-8,10,17H,9H2,1-5H3,(H,18,19). The van der Waals surface area contributed by atoms with Crippen LogP contribution in [0.5, 0.6) is 0 Å². The summed E-state index contributed by atoms with van der Waals surface area (Å²) in [5.74, 6) is 0. The molecule has 0 radical (unpaired) electrons. The summed E-state index contributed by atoms with van der Waals surface area (Å²) in [5, 5.41) is 10.8. The Morgan fingerprint density at radius 3 is 2.32 bits per heavy atom. The summed E-state index contributed by atoms with van der Waals surface area (Å²) in [6.07, 6.45) is 1.91. The maximum absolute atomic E-state index is 4.19. The predicted octanol–water partition coefficient (Wildman–Crippen LogP) is 3.58. The largest absolute Gasteiger partial charge is 0.308 e. The Bertz CT molecular complexity index is 541. The van der Waals surface area contributed by atoms with Gasteiger partial charge in [0.05, 0.1) is 11.9 Å². The van der Waals surface area contributed by atoms with Crippen LogP contribution in [-0.4, -0.2) is 15.7 Å². The maximum Gasteiger partial charge on any atom is 0.0695 e. The van der Waals surface area contributed by atoms with Gasteiger partial charge in [0, 0.05) is 23.2 Å². The van der Waals surface area contributed by atoms with Crippen LogP contribution in [0.2, 0.25) is 0 Å². The highest BCUT2D eigenvalue weighted by Gasteiger charge is 2.13. The summed E-state index contributed by atoms with van der Waals surface area (Å²) >= 11 is 0. The summed E-state index contributed by atoms with van der Waals surface area (Å²) < 4.78 is 0. The van der Waals surface area contributed by atoms with Crippen LogP contribution in [-0.2, 0) is 6.54 Å². The summed E-state index contributed by atoms with van der Waals surface area (Å²) in [7, 11) is 0. The van der Waals surface area contributed by atoms with E-state index in [9.17, 15) is 0 Å². The Kier molecular flexibility index (Phi) is 3.76. The molecule has 0 atom stereocenters. The number of aromatic nitrogens is 2. The van der Waals surface area contributed by atoms with Gasteiger partial charge in [-0.3, -0.25) is 5.10 Å². The van der Waals surface area contributed by atoms with Gasteiger partial charge < -0.3 is 5.32 Å². The lowest BCUT2D eigenvalue weighted by Gasteiger charge is -2.20. The van der Waals surface area contributed by atoms with Crippen molar-refractivity contribution in [2.75, 3.05) is 0 Å². The SMILES string of the molecule is Cc1cc(C)cc(-c2[nH]ncc2CNC(C)(C)C)c1. The summed E-state index contributed by atoms with van der Waals surface area (Å²) in [6.45, 7) is 11.6. The third-order valence-corrected chi connectivity index (χ3v) is 3.04. The van der Waals surface area contributed by atoms with Crippen LogP contribution < -0.4 is 5.32 Å². The van der Waals surface area contributed by atoms with Crippen LogP contribution in [0.1, 0.15) is 37.5 Å². The molecule has 0 saturated heterocycles. The van der Waals surface area contributed by atoms with E-state index in [2.05, 4.69) is 68.3 Å². The minimum Gasteiger partial charge on any atom is -0.308 e. The molecular formula is C16H23N3. The molecule has 3 nitrogen and oxygen atoms in total. The molecule has 0 bridgehead atoms. The normalized spacial score (nSPS) is 11.8. The Morgan fingerprint density at radius 2 is 1.74 bits per heavy atom. The molecule has 2 rings (SSSR count). The molecule has 0 aliphatic carbocycles. The van der Waals surface area contributed by atoms with Gasteiger partial charge in [0.25, 0.3) is 0 Å². The number of nitrogens with zero attached hydrogens (tertiary/aromatic N) is 1. The van der Waals surface area contributed by atoms with E-state index in [1.54, 1.807) is 0 Å². The second-order valence-electron chi connectivity index (χ2n) is 6.25. The second kappa shape index (κ2) is 5.17. The molecule has 3 heteroatoms. The fraction of sp³-hybridized carbons (Fsp3) is 0.438. The molecular weight excluding hydrogens is 234 g/mol. The van der Waals surface area contributed by atoms with Crippen LogP contribution in [0.15, 0.2) is 24.4 Å². The molecule has 1 heterocycles. The van der Waals surface area contributed by atoms with Gasteiger partial charge in [-0.2, -0.15) is 5.10 Å². The van der Waals surface area contributed by atoms with Gasteiger partial charge in [-0.05, 0) is 46.8 Å². The molecule has 0 aliphatic rings. The Morgan fingerprint density at radius 1 is 1.11 bits per heavy atom. The highest BCUT2D eigenvalue weighted by molar-refractivity contribution is 5.64. The van der Waals surface area contributed by atoms with E-state index < -0.39 is 0 Å². The first kappa shape index (κ1) is 13.8. The first-order valence-electron chi connectivity index (χ1n) is 6.71. The third kappa shape index (κ3) is 3.67. The number of hydrogen-bond acceptors (Lipinski definition) is 2. The van der Waals surface area contributed by atoms with Gasteiger partial charge in [0.15, 0.2) is 0 Å². The topological polar surface area (TPSA) is 40.7 Å². The first-order valence-corrected chi connectivity index (χ1v) is 6.71. The lowest BCUT2D eigenvalue weighted by molar-refractivity contribution is 0.424. The molecule has 2 aromatic rings. The Hall–Kier alpha value is -1.61. The molecule has 1 aromatic carbocycles. The first-order chi connectivity index (χ1) is 8.85. The zero-order valence-corrected chi connectivity index (χ0v) is 12.5. The maximum atomic E-state index is 4.19. The quantitative estimate of drug-likeness (QED) is 0.882. The van der Waals surface area contributed by atoms with Gasteiger partial charge in [-0.25, -0.2) is 0 Å². The highest BCUT2D eigenvalue weighted by Crippen LogP contribution is 2.23. The molecule has 0 aliphatic heterocycles. The lowest BCUT2D eigenvalue weighted by Crippen LogP contribution is -2.35. The van der Waals surface area contributed by atoms with Crippen molar-refractivity contribution in [3.8, 4) is 11.3 Å². The zero-order chi connectivity index (χ0) is 14.0. The number of H-pyrrole nitrogens is 1. The second-order valence-corrected chi connectivity index (χ2v) is 6.25. The fourth-order valence-electron chi connectivity index (χ4n) is 2.17. The van der Waals surface area contributed by atoms with Gasteiger partial charge in [-0.15, -0.1) is 0 Å². The smallest absolute Gasteiger partial charge is 0.0695 e. The van der Waals surface area contributed by atoms with Crippen molar-refractivity contribution < 1.29 is 0 Å². The Labute approximate surface area is 115 Å². The Balaban J connectivity index is 2.28. The van der Waals surface area contributed by atoms with E-state index >= 15 is 0 Å². The molecule has 0 unspecified atom stereocenters. The van der Waals surface area contributed by atoms with E-state index in [0.717, 1.165) is 12.2 Å². The van der Waals surface area contributed by atoms with Crippen LogP contribution in [0, 0.1) is 13.8 Å². The van der Waals surface area contributed by atoms with E-state index in [-0.39, 0.29) is 5.54 Å².